The lowest BCUT2D eigenvalue weighted by Gasteiger charge is -2.39. The van der Waals surface area contributed by atoms with Crippen LogP contribution in [0.4, 0.5) is 5.69 Å². The number of nitrogens with one attached hydrogen (secondary N) is 1. The molecular weight excluding hydrogens is 548 g/mol. The zero-order chi connectivity index (χ0) is 28.7. The minimum Gasteiger partial charge on any atom is -0.358 e. The number of allylic oxidation sites excluding steroid dienone is 1. The summed E-state index contributed by atoms with van der Waals surface area (Å²) in [6.45, 7) is 7.41. The van der Waals surface area contributed by atoms with Crippen LogP contribution in [0, 0.1) is 0 Å². The van der Waals surface area contributed by atoms with Crippen molar-refractivity contribution in [3.8, 4) is 11.1 Å². The summed E-state index contributed by atoms with van der Waals surface area (Å²) in [4.78, 5) is 1.24. The van der Waals surface area contributed by atoms with Gasteiger partial charge in [0.2, 0.25) is 4.87 Å². The van der Waals surface area contributed by atoms with Gasteiger partial charge in [0.1, 0.15) is 4.91 Å². The lowest BCUT2D eigenvalue weighted by Crippen LogP contribution is -2.51. The van der Waals surface area contributed by atoms with Crippen molar-refractivity contribution in [2.45, 2.75) is 17.7 Å². The first-order valence-corrected chi connectivity index (χ1v) is 15.2. The van der Waals surface area contributed by atoms with Gasteiger partial charge in [0.15, 0.2) is 0 Å². The van der Waals surface area contributed by atoms with Gasteiger partial charge in [-0.1, -0.05) is 84.9 Å². The van der Waals surface area contributed by atoms with Gasteiger partial charge in [0.25, 0.3) is 20.2 Å². The van der Waals surface area contributed by atoms with E-state index < -0.39 is 36.4 Å². The molecule has 0 fully saturated rings. The molecule has 4 aromatic rings. The molecule has 0 saturated carbocycles. The largest absolute Gasteiger partial charge is 0.358 e. The van der Waals surface area contributed by atoms with Gasteiger partial charge in [-0.25, -0.2) is 0 Å². The van der Waals surface area contributed by atoms with Crippen molar-refractivity contribution in [1.29, 1.82) is 0 Å². The first kappa shape index (κ1) is 27.5. The molecule has 1 aromatic heterocycles. The number of benzene rings is 3. The Morgan fingerprint density at radius 2 is 1.45 bits per heavy atom. The third-order valence-corrected chi connectivity index (χ3v) is 9.41. The number of anilines is 1. The fraction of sp³-hybridized carbons (Fsp3) is 0.100. The molecule has 0 amide bonds. The molecule has 204 valence electrons. The van der Waals surface area contributed by atoms with Crippen LogP contribution < -0.4 is 5.32 Å². The smallest absolute Gasteiger partial charge is 0.294 e. The highest BCUT2D eigenvalue weighted by Gasteiger charge is 2.55. The highest BCUT2D eigenvalue weighted by atomic mass is 32.2. The maximum absolute atomic E-state index is 13.1. The number of hydrogen-bond donors (Lipinski definition) is 3. The van der Waals surface area contributed by atoms with Gasteiger partial charge >= 0.3 is 0 Å². The van der Waals surface area contributed by atoms with E-state index in [-0.39, 0.29) is 16.8 Å². The Bertz CT molecular complexity index is 1900. The molecule has 0 aliphatic carbocycles. The van der Waals surface area contributed by atoms with Crippen molar-refractivity contribution in [1.82, 2.24) is 4.98 Å². The van der Waals surface area contributed by atoms with E-state index in [4.69, 9.17) is 4.98 Å². The molecule has 3 aromatic carbocycles. The Balaban J connectivity index is 2.01. The second-order valence-corrected chi connectivity index (χ2v) is 12.4. The lowest BCUT2D eigenvalue weighted by molar-refractivity contribution is 0.445. The van der Waals surface area contributed by atoms with Crippen LogP contribution in [0.1, 0.15) is 23.2 Å². The van der Waals surface area contributed by atoms with Crippen LogP contribution in [0.15, 0.2) is 109 Å². The molecule has 0 spiro atoms. The Hall–Kier alpha value is -4.09. The van der Waals surface area contributed by atoms with Gasteiger partial charge < -0.3 is 5.32 Å². The average molecular weight is 575 g/mol. The van der Waals surface area contributed by atoms with E-state index in [0.717, 1.165) is 17.2 Å². The van der Waals surface area contributed by atoms with Gasteiger partial charge in [-0.05, 0) is 22.8 Å². The maximum Gasteiger partial charge on any atom is 0.294 e. The van der Waals surface area contributed by atoms with Crippen LogP contribution in [0.2, 0.25) is 0 Å². The number of nitrogens with zero attached hydrogens (tertiary/aromatic N) is 1. The summed E-state index contributed by atoms with van der Waals surface area (Å²) in [5.74, 6) is 0. The van der Waals surface area contributed by atoms with Crippen LogP contribution in [0.25, 0.3) is 27.6 Å². The second kappa shape index (κ2) is 10.1. The zero-order valence-electron chi connectivity index (χ0n) is 21.3. The summed E-state index contributed by atoms with van der Waals surface area (Å²) in [5, 5.41) is 3.47. The van der Waals surface area contributed by atoms with Crippen molar-refractivity contribution >= 4 is 42.4 Å². The monoisotopic (exact) mass is 574 g/mol. The van der Waals surface area contributed by atoms with Crippen molar-refractivity contribution < 1.29 is 25.9 Å². The maximum atomic E-state index is 13.1. The Labute approximate surface area is 232 Å². The van der Waals surface area contributed by atoms with Crippen molar-refractivity contribution in [3.63, 3.8) is 0 Å². The lowest BCUT2D eigenvalue weighted by atomic mass is 9.87. The molecule has 1 aliphatic rings. The van der Waals surface area contributed by atoms with Gasteiger partial charge in [0, 0.05) is 35.1 Å². The van der Waals surface area contributed by atoms with Crippen LogP contribution >= 0.6 is 0 Å². The van der Waals surface area contributed by atoms with E-state index in [1.165, 1.54) is 0 Å². The fourth-order valence-electron chi connectivity index (χ4n) is 5.23. The van der Waals surface area contributed by atoms with Gasteiger partial charge in [-0.2, -0.15) is 16.8 Å². The van der Waals surface area contributed by atoms with E-state index in [1.807, 2.05) is 36.4 Å². The van der Waals surface area contributed by atoms with E-state index in [0.29, 0.717) is 28.6 Å². The van der Waals surface area contributed by atoms with Crippen LogP contribution in [-0.2, 0) is 26.7 Å². The summed E-state index contributed by atoms with van der Waals surface area (Å²) in [6.07, 6.45) is 2.69. The summed E-state index contributed by atoms with van der Waals surface area (Å²) >= 11 is 0. The molecule has 3 N–H and O–H groups in total. The summed E-state index contributed by atoms with van der Waals surface area (Å²) < 4.78 is 73.3. The van der Waals surface area contributed by atoms with E-state index in [2.05, 4.69) is 18.5 Å². The zero-order valence-corrected chi connectivity index (χ0v) is 22.9. The third-order valence-electron chi connectivity index (χ3n) is 6.86. The van der Waals surface area contributed by atoms with E-state index in [9.17, 15) is 25.9 Å². The second-order valence-electron chi connectivity index (χ2n) is 9.37. The molecule has 0 saturated heterocycles. The topological polar surface area (TPSA) is 134 Å². The Morgan fingerprint density at radius 3 is 2.00 bits per heavy atom. The molecule has 8 nitrogen and oxygen atoms in total. The molecular formula is C30H26N2O6S2. The fourth-order valence-corrected chi connectivity index (χ4v) is 7.80. The highest BCUT2D eigenvalue weighted by Crippen LogP contribution is 2.50. The standard InChI is InChI=1S/C30H26N2O6S2/c1-3-11-22-19-25(20-12-7-5-8-13-20)23-16-17-24-26(21-14-9-6-10-15-21)29(39(33,34)35)30(18-4-2,40(36,37)38)32-28(24)27(23)31-22/h3-10,12-17,19,32H,1-2,11,18H2,(H,33,34,35)(H,36,37,38). The molecule has 1 atom stereocenters. The quantitative estimate of drug-likeness (QED) is 0.176. The third kappa shape index (κ3) is 4.54. The first-order chi connectivity index (χ1) is 19.0. The molecule has 10 heteroatoms. The summed E-state index contributed by atoms with van der Waals surface area (Å²) in [6, 6.07) is 23.1. The number of fused-ring (bicyclic) bond motifs is 3. The molecule has 0 radical (unpaired) electrons. The average Bonchev–Trinajstić information content (AvgIpc) is 2.92. The van der Waals surface area contributed by atoms with Gasteiger partial charge in [-0.15, -0.1) is 13.2 Å². The van der Waals surface area contributed by atoms with Crippen LogP contribution in [0.5, 0.6) is 0 Å². The van der Waals surface area contributed by atoms with Crippen molar-refractivity contribution in [3.05, 3.63) is 126 Å². The van der Waals surface area contributed by atoms with Crippen molar-refractivity contribution in [2.75, 3.05) is 5.32 Å². The van der Waals surface area contributed by atoms with E-state index in [1.54, 1.807) is 48.5 Å². The first-order valence-electron chi connectivity index (χ1n) is 12.3. The van der Waals surface area contributed by atoms with Crippen LogP contribution in [0.3, 0.4) is 0 Å². The molecule has 2 heterocycles. The SMILES string of the molecule is C=CCc1cc(-c2ccccc2)c2ccc3c(c2n1)NC(CC=C)(S(=O)(=O)O)C(S(=O)(=O)O)=C3c1ccccc1. The molecule has 1 unspecified atom stereocenters. The number of hydrogen-bond acceptors (Lipinski definition) is 6. The molecule has 0 bridgehead atoms. The van der Waals surface area contributed by atoms with Gasteiger partial charge in [-0.3, -0.25) is 14.1 Å². The number of aromatic nitrogens is 1. The Kier molecular flexibility index (Phi) is 6.97. The van der Waals surface area contributed by atoms with Crippen molar-refractivity contribution in [2.24, 2.45) is 0 Å². The highest BCUT2D eigenvalue weighted by molar-refractivity contribution is 7.94. The summed E-state index contributed by atoms with van der Waals surface area (Å²) in [5.41, 5.74) is 3.43. The predicted octanol–water partition coefficient (Wildman–Crippen LogP) is 5.86. The van der Waals surface area contributed by atoms with Crippen LogP contribution in [-0.4, -0.2) is 35.8 Å². The normalized spacial score (nSPS) is 17.2. The predicted molar refractivity (Wildman–Crippen MR) is 158 cm³/mol. The molecule has 5 rings (SSSR count). The number of pyridine rings is 1. The molecule has 40 heavy (non-hydrogen) atoms. The summed E-state index contributed by atoms with van der Waals surface area (Å²) in [7, 11) is -10.4. The number of rotatable bonds is 8. The Morgan fingerprint density at radius 1 is 0.825 bits per heavy atom. The minimum atomic E-state index is -5.24. The molecule has 1 aliphatic heterocycles. The van der Waals surface area contributed by atoms with E-state index >= 15 is 0 Å². The minimum absolute atomic E-state index is 0.0737. The van der Waals surface area contributed by atoms with Gasteiger partial charge in [0.05, 0.1) is 11.2 Å².